The smallest absolute Gasteiger partial charge is 0.277 e. The van der Waals surface area contributed by atoms with Crippen molar-refractivity contribution >= 4 is 11.3 Å². The van der Waals surface area contributed by atoms with Crippen LogP contribution in [0.15, 0.2) is 22.3 Å². The van der Waals surface area contributed by atoms with Crippen molar-refractivity contribution in [3.63, 3.8) is 0 Å². The Hall–Kier alpha value is -2.06. The number of rotatable bonds is 4. The Morgan fingerprint density at radius 2 is 2.32 bits per heavy atom. The molecule has 0 spiro atoms. The van der Waals surface area contributed by atoms with Crippen molar-refractivity contribution in [1.82, 2.24) is 24.9 Å². The van der Waals surface area contributed by atoms with Gasteiger partial charge in [-0.25, -0.2) is 4.98 Å². The predicted octanol–water partition coefficient (Wildman–Crippen LogP) is 1.09. The maximum atomic E-state index is 5.50. The van der Waals surface area contributed by atoms with Crippen LogP contribution in [0.4, 0.5) is 0 Å². The normalized spacial score (nSPS) is 11.1. The molecule has 0 atom stereocenters. The van der Waals surface area contributed by atoms with Crippen LogP contribution in [0.25, 0.3) is 23.0 Å². The maximum Gasteiger partial charge on any atom is 0.277 e. The molecule has 98 valence electrons. The summed E-state index contributed by atoms with van der Waals surface area (Å²) in [4.78, 5) is 8.72. The SMILES string of the molecule is Cn1cc(-c2noc(-c3csc(CCN)n3)n2)cn1. The Kier molecular flexibility index (Phi) is 3.10. The molecular formula is C11H12N6OS. The van der Waals surface area contributed by atoms with Gasteiger partial charge in [0, 0.05) is 25.0 Å². The number of aromatic nitrogens is 5. The molecule has 7 nitrogen and oxygen atoms in total. The lowest BCUT2D eigenvalue weighted by molar-refractivity contribution is 0.431. The number of hydrogen-bond donors (Lipinski definition) is 1. The van der Waals surface area contributed by atoms with E-state index in [0.717, 1.165) is 17.0 Å². The Balaban J connectivity index is 1.87. The van der Waals surface area contributed by atoms with Gasteiger partial charge in [-0.15, -0.1) is 11.3 Å². The van der Waals surface area contributed by atoms with Crippen LogP contribution in [0.1, 0.15) is 5.01 Å². The fourth-order valence-corrected chi connectivity index (χ4v) is 2.42. The van der Waals surface area contributed by atoms with Crippen molar-refractivity contribution in [2.24, 2.45) is 12.8 Å². The first-order valence-electron chi connectivity index (χ1n) is 5.74. The topological polar surface area (TPSA) is 95.7 Å². The van der Waals surface area contributed by atoms with E-state index in [1.807, 2.05) is 18.6 Å². The lowest BCUT2D eigenvalue weighted by Gasteiger charge is -1.87. The highest BCUT2D eigenvalue weighted by Crippen LogP contribution is 2.23. The summed E-state index contributed by atoms with van der Waals surface area (Å²) in [6, 6.07) is 0. The van der Waals surface area contributed by atoms with E-state index in [1.54, 1.807) is 22.2 Å². The third kappa shape index (κ3) is 2.40. The minimum Gasteiger partial charge on any atom is -0.332 e. The van der Waals surface area contributed by atoms with E-state index < -0.39 is 0 Å². The van der Waals surface area contributed by atoms with Crippen molar-refractivity contribution in [2.45, 2.75) is 6.42 Å². The van der Waals surface area contributed by atoms with Gasteiger partial charge in [0.2, 0.25) is 5.82 Å². The monoisotopic (exact) mass is 276 g/mol. The molecule has 0 unspecified atom stereocenters. The summed E-state index contributed by atoms with van der Waals surface area (Å²) in [6.07, 6.45) is 4.28. The van der Waals surface area contributed by atoms with E-state index in [0.29, 0.717) is 24.0 Å². The summed E-state index contributed by atoms with van der Waals surface area (Å²) < 4.78 is 6.91. The second-order valence-electron chi connectivity index (χ2n) is 3.99. The fourth-order valence-electron chi connectivity index (χ4n) is 1.63. The highest BCUT2D eigenvalue weighted by atomic mass is 32.1. The number of nitrogens with two attached hydrogens (primary N) is 1. The highest BCUT2D eigenvalue weighted by molar-refractivity contribution is 7.09. The average molecular weight is 276 g/mol. The van der Waals surface area contributed by atoms with Crippen LogP contribution in [-0.2, 0) is 13.5 Å². The van der Waals surface area contributed by atoms with E-state index in [4.69, 9.17) is 10.3 Å². The summed E-state index contributed by atoms with van der Waals surface area (Å²) in [5.41, 5.74) is 7.00. The zero-order valence-corrected chi connectivity index (χ0v) is 11.1. The van der Waals surface area contributed by atoms with Gasteiger partial charge in [-0.05, 0) is 6.54 Å². The van der Waals surface area contributed by atoms with Gasteiger partial charge in [0.15, 0.2) is 0 Å². The molecule has 3 aromatic heterocycles. The van der Waals surface area contributed by atoms with Gasteiger partial charge in [-0.1, -0.05) is 5.16 Å². The van der Waals surface area contributed by atoms with Gasteiger partial charge in [0.25, 0.3) is 5.89 Å². The molecule has 3 heterocycles. The third-order valence-corrected chi connectivity index (χ3v) is 3.43. The Morgan fingerprint density at radius 3 is 3.05 bits per heavy atom. The Morgan fingerprint density at radius 1 is 1.42 bits per heavy atom. The van der Waals surface area contributed by atoms with E-state index >= 15 is 0 Å². The Labute approximate surface area is 113 Å². The lowest BCUT2D eigenvalue weighted by Crippen LogP contribution is -2.01. The largest absolute Gasteiger partial charge is 0.332 e. The second kappa shape index (κ2) is 4.90. The van der Waals surface area contributed by atoms with E-state index in [2.05, 4.69) is 20.2 Å². The molecule has 0 bridgehead atoms. The van der Waals surface area contributed by atoms with Gasteiger partial charge in [0.1, 0.15) is 5.69 Å². The van der Waals surface area contributed by atoms with E-state index in [1.165, 1.54) is 0 Å². The van der Waals surface area contributed by atoms with E-state index in [9.17, 15) is 0 Å². The molecule has 19 heavy (non-hydrogen) atoms. The first-order valence-corrected chi connectivity index (χ1v) is 6.62. The molecule has 0 aliphatic heterocycles. The van der Waals surface area contributed by atoms with Crippen LogP contribution in [-0.4, -0.2) is 31.4 Å². The first kappa shape index (κ1) is 12.0. The number of nitrogens with zero attached hydrogens (tertiary/aromatic N) is 5. The molecule has 0 saturated heterocycles. The molecule has 0 radical (unpaired) electrons. The Bertz CT molecular complexity index is 685. The molecule has 8 heteroatoms. The van der Waals surface area contributed by atoms with Gasteiger partial charge in [-0.2, -0.15) is 10.1 Å². The van der Waals surface area contributed by atoms with Gasteiger partial charge < -0.3 is 10.3 Å². The molecule has 0 aliphatic rings. The van der Waals surface area contributed by atoms with Crippen LogP contribution < -0.4 is 5.73 Å². The zero-order chi connectivity index (χ0) is 13.2. The van der Waals surface area contributed by atoms with Crippen molar-refractivity contribution in [3.05, 3.63) is 22.8 Å². The predicted molar refractivity (Wildman–Crippen MR) is 70.4 cm³/mol. The quantitative estimate of drug-likeness (QED) is 0.766. The van der Waals surface area contributed by atoms with Crippen LogP contribution in [0.3, 0.4) is 0 Å². The molecule has 2 N–H and O–H groups in total. The van der Waals surface area contributed by atoms with Gasteiger partial charge in [-0.3, -0.25) is 4.68 Å². The third-order valence-electron chi connectivity index (χ3n) is 2.52. The summed E-state index contributed by atoms with van der Waals surface area (Å²) in [6.45, 7) is 0.581. The van der Waals surface area contributed by atoms with Crippen molar-refractivity contribution < 1.29 is 4.52 Å². The molecule has 0 amide bonds. The minimum atomic E-state index is 0.415. The number of aryl methyl sites for hydroxylation is 1. The molecular weight excluding hydrogens is 264 g/mol. The minimum absolute atomic E-state index is 0.415. The van der Waals surface area contributed by atoms with Gasteiger partial charge in [0.05, 0.1) is 16.8 Å². The maximum absolute atomic E-state index is 5.50. The van der Waals surface area contributed by atoms with Crippen LogP contribution in [0.2, 0.25) is 0 Å². The molecule has 0 saturated carbocycles. The van der Waals surface area contributed by atoms with E-state index in [-0.39, 0.29) is 0 Å². The molecule has 0 aliphatic carbocycles. The van der Waals surface area contributed by atoms with Crippen LogP contribution >= 0.6 is 11.3 Å². The van der Waals surface area contributed by atoms with Crippen molar-refractivity contribution in [2.75, 3.05) is 6.54 Å². The summed E-state index contributed by atoms with van der Waals surface area (Å²) in [7, 11) is 1.84. The molecule has 3 rings (SSSR count). The molecule has 0 fully saturated rings. The lowest BCUT2D eigenvalue weighted by atomic mass is 10.3. The zero-order valence-electron chi connectivity index (χ0n) is 10.3. The number of thiazole rings is 1. The van der Waals surface area contributed by atoms with Crippen molar-refractivity contribution in [1.29, 1.82) is 0 Å². The summed E-state index contributed by atoms with van der Waals surface area (Å²) in [5.74, 6) is 0.926. The molecule has 3 aromatic rings. The standard InChI is InChI=1S/C11H12N6OS/c1-17-5-7(4-13-17)10-15-11(18-16-10)8-6-19-9(14-8)2-3-12/h4-6H,2-3,12H2,1H3. The van der Waals surface area contributed by atoms with Gasteiger partial charge >= 0.3 is 0 Å². The second-order valence-corrected chi connectivity index (χ2v) is 4.93. The average Bonchev–Trinajstić information content (AvgIpc) is 3.07. The fraction of sp³-hybridized carbons (Fsp3) is 0.273. The van der Waals surface area contributed by atoms with Crippen LogP contribution in [0, 0.1) is 0 Å². The van der Waals surface area contributed by atoms with Crippen LogP contribution in [0.5, 0.6) is 0 Å². The highest BCUT2D eigenvalue weighted by Gasteiger charge is 2.14. The summed E-state index contributed by atoms with van der Waals surface area (Å²) >= 11 is 1.54. The van der Waals surface area contributed by atoms with Crippen molar-refractivity contribution in [3.8, 4) is 23.0 Å². The molecule has 0 aromatic carbocycles. The first-order chi connectivity index (χ1) is 9.26. The summed E-state index contributed by atoms with van der Waals surface area (Å²) in [5, 5.41) is 10.9. The number of hydrogen-bond acceptors (Lipinski definition) is 7.